The van der Waals surface area contributed by atoms with Gasteiger partial charge in [0, 0.05) is 19.5 Å². The van der Waals surface area contributed by atoms with E-state index in [4.69, 9.17) is 0 Å². The summed E-state index contributed by atoms with van der Waals surface area (Å²) in [5.41, 5.74) is 3.98. The van der Waals surface area contributed by atoms with Crippen LogP contribution < -0.4 is 10.6 Å². The Morgan fingerprint density at radius 3 is 2.58 bits per heavy atom. The molecule has 0 aliphatic carbocycles. The fourth-order valence-electron chi connectivity index (χ4n) is 4.79. The summed E-state index contributed by atoms with van der Waals surface area (Å²) in [7, 11) is 0. The normalized spacial score (nSPS) is 18.3. The second kappa shape index (κ2) is 10.8. The average Bonchev–Trinajstić information content (AvgIpc) is 3.20. The zero-order valence-electron chi connectivity index (χ0n) is 21.2. The van der Waals surface area contributed by atoms with Crippen molar-refractivity contribution in [2.75, 3.05) is 19.6 Å². The quantitative estimate of drug-likeness (QED) is 0.530. The number of hydrogen-bond acceptors (Lipinski definition) is 3. The van der Waals surface area contributed by atoms with Crippen molar-refractivity contribution in [2.24, 2.45) is 5.92 Å². The van der Waals surface area contributed by atoms with Gasteiger partial charge in [-0.25, -0.2) is 4.79 Å². The van der Waals surface area contributed by atoms with E-state index in [1.807, 2.05) is 75.4 Å². The Bertz CT molecular complexity index is 1190. The van der Waals surface area contributed by atoms with Crippen molar-refractivity contribution in [3.8, 4) is 0 Å². The van der Waals surface area contributed by atoms with Gasteiger partial charge in [0.15, 0.2) is 0 Å². The molecule has 0 fully saturated rings. The molecule has 7 heteroatoms. The minimum absolute atomic E-state index is 0.185. The first-order valence-electron chi connectivity index (χ1n) is 12.4. The fourth-order valence-corrected chi connectivity index (χ4v) is 4.79. The van der Waals surface area contributed by atoms with E-state index in [1.165, 1.54) is 0 Å². The lowest BCUT2D eigenvalue weighted by atomic mass is 9.94. The van der Waals surface area contributed by atoms with Crippen molar-refractivity contribution in [1.29, 1.82) is 0 Å². The van der Waals surface area contributed by atoms with Crippen LogP contribution in [0.25, 0.3) is 0 Å². The summed E-state index contributed by atoms with van der Waals surface area (Å²) >= 11 is 0. The molecule has 2 aliphatic rings. The van der Waals surface area contributed by atoms with E-state index in [0.717, 1.165) is 16.7 Å². The van der Waals surface area contributed by atoms with Crippen molar-refractivity contribution in [2.45, 2.75) is 39.3 Å². The van der Waals surface area contributed by atoms with Gasteiger partial charge in [0.25, 0.3) is 5.91 Å². The van der Waals surface area contributed by atoms with Crippen molar-refractivity contribution < 1.29 is 14.4 Å². The minimum atomic E-state index is -0.705. The molecule has 36 heavy (non-hydrogen) atoms. The molecule has 7 nitrogen and oxygen atoms in total. The third kappa shape index (κ3) is 5.20. The molecule has 0 saturated carbocycles. The second-order valence-electron chi connectivity index (χ2n) is 9.83. The van der Waals surface area contributed by atoms with Gasteiger partial charge in [-0.2, -0.15) is 0 Å². The Balaban J connectivity index is 1.72. The minimum Gasteiger partial charge on any atom is -0.354 e. The first-order chi connectivity index (χ1) is 17.3. The highest BCUT2D eigenvalue weighted by atomic mass is 16.2. The van der Waals surface area contributed by atoms with Crippen molar-refractivity contribution in [1.82, 2.24) is 20.4 Å². The van der Waals surface area contributed by atoms with Gasteiger partial charge in [-0.15, -0.1) is 6.58 Å². The third-order valence-corrected chi connectivity index (χ3v) is 6.57. The third-order valence-electron chi connectivity index (χ3n) is 6.57. The second-order valence-corrected chi connectivity index (χ2v) is 9.83. The standard InChI is InChI=1S/C29H34N4O3/c1-5-14-32-24-18-33(23(27(34)30-17-19(2)3)16-21-11-7-6-8-12-21)28(35)25(24)26(31-29(32)36)22-13-9-10-20(4)15-22/h5-13,15,19,23,26H,1,14,16-18H2,2-4H3,(H,30,34)(H,31,36). The van der Waals surface area contributed by atoms with Crippen LogP contribution in [0.15, 0.2) is 78.5 Å². The number of carbonyl (C=O) groups is 3. The van der Waals surface area contributed by atoms with Crippen LogP contribution in [0.1, 0.15) is 36.6 Å². The van der Waals surface area contributed by atoms with Crippen LogP contribution in [-0.2, 0) is 16.0 Å². The SMILES string of the molecule is C=CCN1C(=O)NC(c2cccc(C)c2)C2=C1CN(C(Cc1ccccc1)C(=O)NCC(C)C)C2=O. The highest BCUT2D eigenvalue weighted by Crippen LogP contribution is 2.37. The van der Waals surface area contributed by atoms with Crippen LogP contribution in [0.4, 0.5) is 4.79 Å². The summed E-state index contributed by atoms with van der Waals surface area (Å²) in [5.74, 6) is -0.142. The van der Waals surface area contributed by atoms with Gasteiger partial charge in [-0.05, 0) is 24.0 Å². The molecule has 2 aromatic rings. The Labute approximate surface area is 212 Å². The molecule has 188 valence electrons. The number of aryl methyl sites for hydroxylation is 1. The maximum atomic E-state index is 14.0. The topological polar surface area (TPSA) is 81.8 Å². The first-order valence-corrected chi connectivity index (χ1v) is 12.4. The number of urea groups is 1. The number of hydrogen-bond donors (Lipinski definition) is 2. The van der Waals surface area contributed by atoms with Gasteiger partial charge in [0.1, 0.15) is 6.04 Å². The maximum absolute atomic E-state index is 14.0. The van der Waals surface area contributed by atoms with Crippen LogP contribution in [-0.4, -0.2) is 53.3 Å². The van der Waals surface area contributed by atoms with E-state index in [9.17, 15) is 14.4 Å². The Morgan fingerprint density at radius 1 is 1.17 bits per heavy atom. The molecule has 0 radical (unpaired) electrons. The van der Waals surface area contributed by atoms with E-state index in [2.05, 4.69) is 17.2 Å². The fraction of sp³-hybridized carbons (Fsp3) is 0.345. The van der Waals surface area contributed by atoms with E-state index >= 15 is 0 Å². The summed E-state index contributed by atoms with van der Waals surface area (Å²) < 4.78 is 0. The summed E-state index contributed by atoms with van der Waals surface area (Å²) in [6.45, 7) is 10.8. The number of nitrogens with zero attached hydrogens (tertiary/aromatic N) is 2. The number of carbonyl (C=O) groups excluding carboxylic acids is 3. The zero-order valence-corrected chi connectivity index (χ0v) is 21.2. The molecule has 2 aromatic carbocycles. The lowest BCUT2D eigenvalue weighted by Gasteiger charge is -2.33. The molecule has 2 aliphatic heterocycles. The smallest absolute Gasteiger partial charge is 0.322 e. The molecule has 0 bridgehead atoms. The number of nitrogens with one attached hydrogen (secondary N) is 2. The lowest BCUT2D eigenvalue weighted by molar-refractivity contribution is -0.136. The molecule has 2 unspecified atom stereocenters. The van der Waals surface area contributed by atoms with Gasteiger partial charge in [-0.3, -0.25) is 14.5 Å². The number of benzene rings is 2. The van der Waals surface area contributed by atoms with Gasteiger partial charge in [0.2, 0.25) is 5.91 Å². The molecule has 2 atom stereocenters. The largest absolute Gasteiger partial charge is 0.354 e. The highest BCUT2D eigenvalue weighted by molar-refractivity contribution is 6.03. The van der Waals surface area contributed by atoms with E-state index in [1.54, 1.807) is 15.9 Å². The van der Waals surface area contributed by atoms with Gasteiger partial charge in [-0.1, -0.05) is 80.1 Å². The average molecular weight is 487 g/mol. The van der Waals surface area contributed by atoms with Crippen molar-refractivity contribution in [3.63, 3.8) is 0 Å². The molecule has 4 rings (SSSR count). The van der Waals surface area contributed by atoms with E-state index in [-0.39, 0.29) is 36.9 Å². The number of rotatable bonds is 9. The predicted octanol–water partition coefficient (Wildman–Crippen LogP) is 3.73. The lowest BCUT2D eigenvalue weighted by Crippen LogP contribution is -2.50. The van der Waals surface area contributed by atoms with Gasteiger partial charge >= 0.3 is 6.03 Å². The number of amides is 4. The molecule has 2 N–H and O–H groups in total. The summed E-state index contributed by atoms with van der Waals surface area (Å²) in [6, 6.07) is 15.9. The van der Waals surface area contributed by atoms with Crippen LogP contribution >= 0.6 is 0 Å². The molecule has 2 heterocycles. The predicted molar refractivity (Wildman–Crippen MR) is 140 cm³/mol. The summed E-state index contributed by atoms with van der Waals surface area (Å²) in [4.78, 5) is 43.7. The Kier molecular flexibility index (Phi) is 7.58. The van der Waals surface area contributed by atoms with Crippen LogP contribution in [0.3, 0.4) is 0 Å². The molecular formula is C29H34N4O3. The van der Waals surface area contributed by atoms with E-state index in [0.29, 0.717) is 24.2 Å². The van der Waals surface area contributed by atoms with Crippen molar-refractivity contribution >= 4 is 17.8 Å². The van der Waals surface area contributed by atoms with E-state index < -0.39 is 12.1 Å². The molecule has 0 spiro atoms. The molecule has 0 aromatic heterocycles. The Morgan fingerprint density at radius 2 is 1.92 bits per heavy atom. The van der Waals surface area contributed by atoms with Gasteiger partial charge in [0.05, 0.1) is 23.9 Å². The maximum Gasteiger partial charge on any atom is 0.322 e. The molecule has 4 amide bonds. The Hall–Kier alpha value is -3.87. The van der Waals surface area contributed by atoms with Gasteiger partial charge < -0.3 is 15.5 Å². The highest BCUT2D eigenvalue weighted by Gasteiger charge is 2.46. The van der Waals surface area contributed by atoms with Crippen LogP contribution in [0.2, 0.25) is 0 Å². The monoisotopic (exact) mass is 486 g/mol. The molecule has 0 saturated heterocycles. The summed E-state index contributed by atoms with van der Waals surface area (Å²) in [6.07, 6.45) is 2.02. The first kappa shape index (κ1) is 25.2. The summed E-state index contributed by atoms with van der Waals surface area (Å²) in [5, 5.41) is 6.02. The van der Waals surface area contributed by atoms with Crippen LogP contribution in [0.5, 0.6) is 0 Å². The van der Waals surface area contributed by atoms with Crippen molar-refractivity contribution in [3.05, 3.63) is 95.2 Å². The molecular weight excluding hydrogens is 452 g/mol. The van der Waals surface area contributed by atoms with Crippen LogP contribution in [0, 0.1) is 12.8 Å². The zero-order chi connectivity index (χ0) is 25.8.